The summed E-state index contributed by atoms with van der Waals surface area (Å²) < 4.78 is 5.86. The van der Waals surface area contributed by atoms with Crippen LogP contribution in [0.15, 0.2) is 59.0 Å². The van der Waals surface area contributed by atoms with E-state index in [1.165, 1.54) is 0 Å². The lowest BCUT2D eigenvalue weighted by Crippen LogP contribution is -2.47. The van der Waals surface area contributed by atoms with Crippen LogP contribution in [0, 0.1) is 0 Å². The van der Waals surface area contributed by atoms with Crippen molar-refractivity contribution >= 4 is 23.3 Å². The number of anilines is 1. The number of hydrogen-bond donors (Lipinski definition) is 2. The molecule has 1 fully saturated rings. The number of carbonyl (C=O) groups is 1. The molecule has 1 aromatic heterocycles. The summed E-state index contributed by atoms with van der Waals surface area (Å²) in [6.45, 7) is 2.06. The molecule has 2 aromatic carbocycles. The molecular formula is C22H24ClN5O2. The number of nitrogens with one attached hydrogen (secondary N) is 2. The van der Waals surface area contributed by atoms with Gasteiger partial charge in [0.1, 0.15) is 0 Å². The van der Waals surface area contributed by atoms with Crippen LogP contribution in [0.1, 0.15) is 25.2 Å². The molecule has 8 heteroatoms. The van der Waals surface area contributed by atoms with Crippen molar-refractivity contribution in [1.82, 2.24) is 20.4 Å². The molecule has 1 aliphatic heterocycles. The van der Waals surface area contributed by atoms with E-state index >= 15 is 0 Å². The molecule has 2 heterocycles. The summed E-state index contributed by atoms with van der Waals surface area (Å²) in [6.07, 6.45) is 3.28. The molecule has 7 nitrogen and oxygen atoms in total. The zero-order valence-corrected chi connectivity index (χ0v) is 17.3. The van der Waals surface area contributed by atoms with Crippen molar-refractivity contribution in [2.24, 2.45) is 0 Å². The van der Waals surface area contributed by atoms with Crippen LogP contribution in [0.2, 0.25) is 5.02 Å². The SMILES string of the molecule is O=C(NCC1CCCCN1Cc1nnc(-c2ccc(Cl)cc2)o1)Nc1ccccc1. The first kappa shape index (κ1) is 20.4. The molecule has 1 unspecified atom stereocenters. The normalized spacial score (nSPS) is 16.9. The van der Waals surface area contributed by atoms with Gasteiger partial charge in [-0.2, -0.15) is 0 Å². The smallest absolute Gasteiger partial charge is 0.319 e. The van der Waals surface area contributed by atoms with Crippen molar-refractivity contribution in [3.8, 4) is 11.5 Å². The molecule has 1 saturated heterocycles. The fourth-order valence-electron chi connectivity index (χ4n) is 3.61. The van der Waals surface area contributed by atoms with E-state index in [9.17, 15) is 4.79 Å². The molecule has 1 aliphatic rings. The van der Waals surface area contributed by atoms with E-state index in [0.29, 0.717) is 29.9 Å². The minimum absolute atomic E-state index is 0.200. The largest absolute Gasteiger partial charge is 0.419 e. The number of halogens is 1. The first-order valence-electron chi connectivity index (χ1n) is 10.1. The Labute approximate surface area is 180 Å². The van der Waals surface area contributed by atoms with Gasteiger partial charge in [-0.25, -0.2) is 4.79 Å². The minimum atomic E-state index is -0.200. The summed E-state index contributed by atoms with van der Waals surface area (Å²) >= 11 is 5.94. The van der Waals surface area contributed by atoms with Crippen LogP contribution in [-0.4, -0.2) is 40.3 Å². The van der Waals surface area contributed by atoms with E-state index in [4.69, 9.17) is 16.0 Å². The number of hydrogen-bond acceptors (Lipinski definition) is 5. The quantitative estimate of drug-likeness (QED) is 0.604. The number of rotatable bonds is 6. The zero-order chi connectivity index (χ0) is 20.8. The lowest BCUT2D eigenvalue weighted by Gasteiger charge is -2.34. The molecule has 3 aromatic rings. The summed E-state index contributed by atoms with van der Waals surface area (Å²) in [7, 11) is 0. The number of para-hydroxylation sites is 1. The van der Waals surface area contributed by atoms with Crippen molar-refractivity contribution in [1.29, 1.82) is 0 Å². The van der Waals surface area contributed by atoms with Gasteiger partial charge in [-0.15, -0.1) is 10.2 Å². The highest BCUT2D eigenvalue weighted by molar-refractivity contribution is 6.30. The third kappa shape index (κ3) is 5.37. The second-order valence-corrected chi connectivity index (χ2v) is 7.77. The summed E-state index contributed by atoms with van der Waals surface area (Å²) in [5.41, 5.74) is 1.61. The fourth-order valence-corrected chi connectivity index (χ4v) is 3.73. The molecule has 0 spiro atoms. The maximum Gasteiger partial charge on any atom is 0.319 e. The van der Waals surface area contributed by atoms with Crippen LogP contribution in [0.3, 0.4) is 0 Å². The van der Waals surface area contributed by atoms with Crippen molar-refractivity contribution in [3.63, 3.8) is 0 Å². The Bertz CT molecular complexity index is 961. The third-order valence-corrected chi connectivity index (χ3v) is 5.43. The van der Waals surface area contributed by atoms with Gasteiger partial charge in [0.25, 0.3) is 0 Å². The number of amides is 2. The standard InChI is InChI=1S/C22H24ClN5O2/c23-17-11-9-16(10-12-17)21-27-26-20(30-21)15-28-13-5-4-8-19(28)14-24-22(29)25-18-6-2-1-3-7-18/h1-3,6-7,9-12,19H,4-5,8,13-15H2,(H2,24,25,29). The molecule has 0 radical (unpaired) electrons. The molecule has 0 aliphatic carbocycles. The molecular weight excluding hydrogens is 402 g/mol. The number of urea groups is 1. The average molecular weight is 426 g/mol. The lowest BCUT2D eigenvalue weighted by molar-refractivity contribution is 0.127. The number of aromatic nitrogens is 2. The number of piperidine rings is 1. The van der Waals surface area contributed by atoms with Gasteiger partial charge >= 0.3 is 6.03 Å². The van der Waals surface area contributed by atoms with Crippen LogP contribution in [0.25, 0.3) is 11.5 Å². The Morgan fingerprint density at radius 2 is 1.90 bits per heavy atom. The first-order chi connectivity index (χ1) is 14.7. The number of carbonyl (C=O) groups excluding carboxylic acids is 1. The molecule has 0 bridgehead atoms. The average Bonchev–Trinajstić information content (AvgIpc) is 3.23. The molecule has 4 rings (SSSR count). The van der Waals surface area contributed by atoms with Gasteiger partial charge in [-0.3, -0.25) is 4.90 Å². The second kappa shape index (κ2) is 9.73. The highest BCUT2D eigenvalue weighted by Gasteiger charge is 2.25. The van der Waals surface area contributed by atoms with Gasteiger partial charge in [-0.1, -0.05) is 36.2 Å². The Morgan fingerprint density at radius 3 is 2.70 bits per heavy atom. The maximum absolute atomic E-state index is 12.2. The predicted octanol–water partition coefficient (Wildman–Crippen LogP) is 4.57. The van der Waals surface area contributed by atoms with E-state index in [2.05, 4.69) is 25.7 Å². The Hall–Kier alpha value is -2.90. The topological polar surface area (TPSA) is 83.3 Å². The minimum Gasteiger partial charge on any atom is -0.419 e. The summed E-state index contributed by atoms with van der Waals surface area (Å²) in [6, 6.07) is 16.8. The van der Waals surface area contributed by atoms with E-state index in [1.54, 1.807) is 12.1 Å². The molecule has 0 saturated carbocycles. The van der Waals surface area contributed by atoms with Crippen LogP contribution < -0.4 is 10.6 Å². The van der Waals surface area contributed by atoms with Crippen LogP contribution in [-0.2, 0) is 6.54 Å². The van der Waals surface area contributed by atoms with Gasteiger partial charge in [0.05, 0.1) is 6.54 Å². The van der Waals surface area contributed by atoms with Crippen molar-refractivity contribution in [2.75, 3.05) is 18.4 Å². The maximum atomic E-state index is 12.2. The number of benzene rings is 2. The lowest BCUT2D eigenvalue weighted by atomic mass is 10.0. The highest BCUT2D eigenvalue weighted by atomic mass is 35.5. The third-order valence-electron chi connectivity index (χ3n) is 5.18. The van der Waals surface area contributed by atoms with Crippen LogP contribution in [0.4, 0.5) is 10.5 Å². The molecule has 30 heavy (non-hydrogen) atoms. The van der Waals surface area contributed by atoms with Gasteiger partial charge in [0, 0.05) is 28.9 Å². The molecule has 1 atom stereocenters. The second-order valence-electron chi connectivity index (χ2n) is 7.33. The summed E-state index contributed by atoms with van der Waals surface area (Å²) in [5.74, 6) is 1.05. The van der Waals surface area contributed by atoms with Gasteiger partial charge < -0.3 is 15.1 Å². The van der Waals surface area contributed by atoms with E-state index in [1.807, 2.05) is 42.5 Å². The zero-order valence-electron chi connectivity index (χ0n) is 16.6. The monoisotopic (exact) mass is 425 g/mol. The predicted molar refractivity (Wildman–Crippen MR) is 116 cm³/mol. The van der Waals surface area contributed by atoms with Gasteiger partial charge in [0.2, 0.25) is 11.8 Å². The summed E-state index contributed by atoms with van der Waals surface area (Å²) in [4.78, 5) is 14.5. The number of likely N-dealkylation sites (tertiary alicyclic amines) is 1. The number of nitrogens with zero attached hydrogens (tertiary/aromatic N) is 3. The Balaban J connectivity index is 1.33. The Morgan fingerprint density at radius 1 is 1.10 bits per heavy atom. The van der Waals surface area contributed by atoms with Crippen molar-refractivity contribution < 1.29 is 9.21 Å². The molecule has 156 valence electrons. The first-order valence-corrected chi connectivity index (χ1v) is 10.5. The van der Waals surface area contributed by atoms with Gasteiger partial charge in [-0.05, 0) is 55.8 Å². The Kier molecular flexibility index (Phi) is 6.61. The molecule has 2 N–H and O–H groups in total. The molecule has 2 amide bonds. The van der Waals surface area contributed by atoms with Gasteiger partial charge in [0.15, 0.2) is 0 Å². The highest BCUT2D eigenvalue weighted by Crippen LogP contribution is 2.23. The van der Waals surface area contributed by atoms with Crippen LogP contribution >= 0.6 is 11.6 Å². The van der Waals surface area contributed by atoms with E-state index < -0.39 is 0 Å². The summed E-state index contributed by atoms with van der Waals surface area (Å²) in [5, 5.41) is 14.9. The van der Waals surface area contributed by atoms with E-state index in [0.717, 1.165) is 37.1 Å². The van der Waals surface area contributed by atoms with Crippen molar-refractivity contribution in [3.05, 3.63) is 65.5 Å². The van der Waals surface area contributed by atoms with E-state index in [-0.39, 0.29) is 12.1 Å². The van der Waals surface area contributed by atoms with Crippen molar-refractivity contribution in [2.45, 2.75) is 31.8 Å². The fraction of sp³-hybridized carbons (Fsp3) is 0.318. The van der Waals surface area contributed by atoms with Crippen LogP contribution in [0.5, 0.6) is 0 Å².